The largest absolute Gasteiger partial charge is 0.508 e. The number of hydrogen-bond donors (Lipinski definition) is 3. The molecule has 3 N–H and O–H groups in total. The van der Waals surface area contributed by atoms with Gasteiger partial charge in [-0.2, -0.15) is 0 Å². The molecule has 0 bridgehead atoms. The average Bonchev–Trinajstić information content (AvgIpc) is 2.70. The minimum atomic E-state index is 0.0355. The van der Waals surface area contributed by atoms with Gasteiger partial charge in [-0.1, -0.05) is 42.8 Å². The monoisotopic (exact) mass is 394 g/mol. The summed E-state index contributed by atoms with van der Waals surface area (Å²) in [5, 5.41) is 26.5. The van der Waals surface area contributed by atoms with Crippen molar-refractivity contribution in [3.05, 3.63) is 75.4 Å². The maximum Gasteiger partial charge on any atom is 0.148 e. The number of aliphatic hydroxyl groups is 1. The number of aromatic hydroxyl groups is 1. The van der Waals surface area contributed by atoms with Crippen molar-refractivity contribution in [3.63, 3.8) is 0 Å². The van der Waals surface area contributed by atoms with E-state index in [0.29, 0.717) is 29.1 Å². The molecule has 5 heteroatoms. The van der Waals surface area contributed by atoms with Crippen LogP contribution in [0.5, 0.6) is 5.75 Å². The van der Waals surface area contributed by atoms with E-state index in [1.165, 1.54) is 5.56 Å². The summed E-state index contributed by atoms with van der Waals surface area (Å²) in [6.07, 6.45) is 3.81. The Kier molecular flexibility index (Phi) is 5.25. The molecular weight excluding hydrogens is 372 g/mol. The first-order valence-electron chi connectivity index (χ1n) is 9.59. The SMILES string of the molecule is CC/C=C(\O)c1c(O)c(Cc2ccc(Cl)cc2)nc2c3c(ccc12)CCNC3. The average molecular weight is 395 g/mol. The number of nitrogens with one attached hydrogen (secondary N) is 1. The zero-order chi connectivity index (χ0) is 19.7. The molecule has 3 aromatic rings. The number of aromatic nitrogens is 1. The van der Waals surface area contributed by atoms with Gasteiger partial charge < -0.3 is 15.5 Å². The van der Waals surface area contributed by atoms with Gasteiger partial charge in [0.1, 0.15) is 11.5 Å². The number of pyridine rings is 1. The minimum Gasteiger partial charge on any atom is -0.508 e. The lowest BCUT2D eigenvalue weighted by atomic mass is 9.93. The molecule has 1 aliphatic rings. The molecule has 0 aliphatic carbocycles. The molecule has 28 heavy (non-hydrogen) atoms. The first kappa shape index (κ1) is 18.8. The van der Waals surface area contributed by atoms with Crippen molar-refractivity contribution < 1.29 is 10.2 Å². The Balaban J connectivity index is 1.94. The molecule has 2 aromatic carbocycles. The van der Waals surface area contributed by atoms with Gasteiger partial charge in [-0.25, -0.2) is 4.98 Å². The van der Waals surface area contributed by atoms with Crippen molar-refractivity contribution in [2.75, 3.05) is 6.54 Å². The van der Waals surface area contributed by atoms with Gasteiger partial charge in [-0.15, -0.1) is 0 Å². The van der Waals surface area contributed by atoms with Crippen LogP contribution in [0.2, 0.25) is 5.02 Å². The normalized spacial score (nSPS) is 14.3. The second-order valence-electron chi connectivity index (χ2n) is 7.11. The van der Waals surface area contributed by atoms with Crippen LogP contribution >= 0.6 is 11.6 Å². The molecule has 0 radical (unpaired) electrons. The highest BCUT2D eigenvalue weighted by molar-refractivity contribution is 6.30. The molecule has 0 saturated carbocycles. The van der Waals surface area contributed by atoms with E-state index in [0.717, 1.165) is 41.5 Å². The van der Waals surface area contributed by atoms with Crippen LogP contribution in [0.3, 0.4) is 0 Å². The Morgan fingerprint density at radius 3 is 2.75 bits per heavy atom. The van der Waals surface area contributed by atoms with E-state index in [2.05, 4.69) is 11.4 Å². The molecule has 1 aliphatic heterocycles. The van der Waals surface area contributed by atoms with Gasteiger partial charge in [0, 0.05) is 23.4 Å². The highest BCUT2D eigenvalue weighted by Crippen LogP contribution is 2.37. The maximum absolute atomic E-state index is 11.0. The van der Waals surface area contributed by atoms with Crippen LogP contribution in [0.25, 0.3) is 16.7 Å². The lowest BCUT2D eigenvalue weighted by molar-refractivity contribution is 0.453. The van der Waals surface area contributed by atoms with E-state index in [1.807, 2.05) is 37.3 Å². The van der Waals surface area contributed by atoms with Crippen LogP contribution in [0.15, 0.2) is 42.5 Å². The van der Waals surface area contributed by atoms with Gasteiger partial charge in [0.25, 0.3) is 0 Å². The smallest absolute Gasteiger partial charge is 0.148 e. The number of allylic oxidation sites excluding steroid dienone is 1. The van der Waals surface area contributed by atoms with Crippen LogP contribution in [-0.4, -0.2) is 21.7 Å². The molecule has 1 aromatic heterocycles. The van der Waals surface area contributed by atoms with Gasteiger partial charge in [0.15, 0.2) is 0 Å². The molecule has 4 rings (SSSR count). The number of halogens is 1. The Bertz CT molecular complexity index is 1060. The van der Waals surface area contributed by atoms with Crippen molar-refractivity contribution in [1.82, 2.24) is 10.3 Å². The van der Waals surface area contributed by atoms with Crippen molar-refractivity contribution in [2.45, 2.75) is 32.7 Å². The predicted octanol–water partition coefficient (Wildman–Crippen LogP) is 5.14. The first-order valence-corrected chi connectivity index (χ1v) is 9.97. The van der Waals surface area contributed by atoms with Gasteiger partial charge in [0.2, 0.25) is 0 Å². The number of rotatable bonds is 4. The standard InChI is InChI=1S/C23H23ClN2O2/c1-2-3-20(27)21-17-9-6-15-10-11-25-13-18(15)22(17)26-19(23(21)28)12-14-4-7-16(24)8-5-14/h3-9,25,27-28H,2,10-13H2,1H3/b20-3-. The summed E-state index contributed by atoms with van der Waals surface area (Å²) in [4.78, 5) is 4.85. The fourth-order valence-corrected chi connectivity index (χ4v) is 3.93. The van der Waals surface area contributed by atoms with E-state index >= 15 is 0 Å². The number of aliphatic hydroxyl groups excluding tert-OH is 1. The van der Waals surface area contributed by atoms with Crippen molar-refractivity contribution in [2.24, 2.45) is 0 Å². The maximum atomic E-state index is 11.0. The van der Waals surface area contributed by atoms with Crippen LogP contribution in [0.4, 0.5) is 0 Å². The third kappa shape index (κ3) is 3.46. The van der Waals surface area contributed by atoms with E-state index in [9.17, 15) is 10.2 Å². The summed E-state index contributed by atoms with van der Waals surface area (Å²) in [6.45, 7) is 3.64. The third-order valence-electron chi connectivity index (χ3n) is 5.22. The summed E-state index contributed by atoms with van der Waals surface area (Å²) in [7, 11) is 0. The molecule has 0 spiro atoms. The van der Waals surface area contributed by atoms with E-state index in [4.69, 9.17) is 16.6 Å². The molecule has 144 valence electrons. The predicted molar refractivity (Wildman–Crippen MR) is 114 cm³/mol. The zero-order valence-electron chi connectivity index (χ0n) is 15.8. The lowest BCUT2D eigenvalue weighted by Crippen LogP contribution is -2.24. The first-order chi connectivity index (χ1) is 13.6. The van der Waals surface area contributed by atoms with Crippen molar-refractivity contribution in [3.8, 4) is 5.75 Å². The summed E-state index contributed by atoms with van der Waals surface area (Å²) in [6, 6.07) is 11.6. The van der Waals surface area contributed by atoms with Gasteiger partial charge in [-0.3, -0.25) is 0 Å². The number of hydrogen-bond acceptors (Lipinski definition) is 4. The van der Waals surface area contributed by atoms with Gasteiger partial charge in [0.05, 0.1) is 16.8 Å². The van der Waals surface area contributed by atoms with E-state index in [-0.39, 0.29) is 11.5 Å². The Morgan fingerprint density at radius 1 is 1.21 bits per heavy atom. The zero-order valence-corrected chi connectivity index (χ0v) is 16.6. The van der Waals surface area contributed by atoms with Gasteiger partial charge in [-0.05, 0) is 54.3 Å². The second kappa shape index (κ2) is 7.82. The van der Waals surface area contributed by atoms with E-state index < -0.39 is 0 Å². The molecule has 2 heterocycles. The second-order valence-corrected chi connectivity index (χ2v) is 7.55. The quantitative estimate of drug-likeness (QED) is 0.536. The Morgan fingerprint density at radius 2 is 2.00 bits per heavy atom. The Labute approximate surface area is 169 Å². The number of benzene rings is 2. The number of nitrogens with zero attached hydrogens (tertiary/aromatic N) is 1. The molecular formula is C23H23ClN2O2. The lowest BCUT2D eigenvalue weighted by Gasteiger charge is -2.21. The van der Waals surface area contributed by atoms with E-state index in [1.54, 1.807) is 6.08 Å². The van der Waals surface area contributed by atoms with Crippen LogP contribution in [0.1, 0.15) is 41.3 Å². The fraction of sp³-hybridized carbons (Fsp3) is 0.261. The highest BCUT2D eigenvalue weighted by atomic mass is 35.5. The fourth-order valence-electron chi connectivity index (χ4n) is 3.81. The minimum absolute atomic E-state index is 0.0355. The molecule has 0 unspecified atom stereocenters. The molecule has 0 atom stereocenters. The summed E-state index contributed by atoms with van der Waals surface area (Å²) < 4.78 is 0. The number of fused-ring (bicyclic) bond motifs is 3. The molecule has 0 amide bonds. The molecule has 0 saturated heterocycles. The van der Waals surface area contributed by atoms with Crippen LogP contribution in [-0.2, 0) is 19.4 Å². The Hall–Kier alpha value is -2.56. The van der Waals surface area contributed by atoms with Crippen LogP contribution in [0, 0.1) is 0 Å². The third-order valence-corrected chi connectivity index (χ3v) is 5.47. The van der Waals surface area contributed by atoms with Crippen molar-refractivity contribution in [1.29, 1.82) is 0 Å². The van der Waals surface area contributed by atoms with Crippen molar-refractivity contribution >= 4 is 28.3 Å². The summed E-state index contributed by atoms with van der Waals surface area (Å²) in [5.74, 6) is 0.127. The molecule has 0 fully saturated rings. The van der Waals surface area contributed by atoms with Crippen LogP contribution < -0.4 is 5.32 Å². The molecule has 4 nitrogen and oxygen atoms in total. The highest BCUT2D eigenvalue weighted by Gasteiger charge is 2.21. The summed E-state index contributed by atoms with van der Waals surface area (Å²) in [5.41, 5.74) is 5.28. The van der Waals surface area contributed by atoms with Gasteiger partial charge >= 0.3 is 0 Å². The topological polar surface area (TPSA) is 65.4 Å². The summed E-state index contributed by atoms with van der Waals surface area (Å²) >= 11 is 5.99.